The molecule has 7 heteroatoms. The van der Waals surface area contributed by atoms with Gasteiger partial charge in [0, 0.05) is 10.6 Å². The first-order valence-electron chi connectivity index (χ1n) is 5.79. The predicted octanol–water partition coefficient (Wildman–Crippen LogP) is 2.71. The second kappa shape index (κ2) is 5.76. The molecule has 5 nitrogen and oxygen atoms in total. The Kier molecular flexibility index (Phi) is 4.25. The molecule has 20 heavy (non-hydrogen) atoms. The monoisotopic (exact) mass is 312 g/mol. The second-order valence-corrected chi connectivity index (χ2v) is 7.03. The van der Waals surface area contributed by atoms with Gasteiger partial charge in [-0.15, -0.1) is 0 Å². The van der Waals surface area contributed by atoms with Gasteiger partial charge in [-0.1, -0.05) is 53.2 Å². The van der Waals surface area contributed by atoms with Crippen molar-refractivity contribution in [1.82, 2.24) is 10.1 Å². The molecule has 1 heterocycles. The highest BCUT2D eigenvalue weighted by molar-refractivity contribution is 7.90. The summed E-state index contributed by atoms with van der Waals surface area (Å²) in [5.74, 6) is -0.257. The number of halogens is 1. The number of hydrogen-bond donors (Lipinski definition) is 0. The Morgan fingerprint density at radius 3 is 2.60 bits per heavy atom. The zero-order valence-electron chi connectivity index (χ0n) is 10.8. The molecule has 0 atom stereocenters. The maximum atomic E-state index is 11.7. The Balaban J connectivity index is 2.17. The molecule has 0 spiro atoms. The van der Waals surface area contributed by atoms with Crippen LogP contribution in [0.15, 0.2) is 40.4 Å². The summed E-state index contributed by atoms with van der Waals surface area (Å²) in [6.07, 6.45) is 0. The van der Waals surface area contributed by atoms with Gasteiger partial charge in [0.2, 0.25) is 11.7 Å². The van der Waals surface area contributed by atoms with Crippen LogP contribution in [0.1, 0.15) is 11.5 Å². The van der Waals surface area contributed by atoms with E-state index >= 15 is 0 Å². The summed E-state index contributed by atoms with van der Waals surface area (Å²) < 4.78 is 28.4. The van der Waals surface area contributed by atoms with Gasteiger partial charge in [-0.25, -0.2) is 8.42 Å². The first-order valence-corrected chi connectivity index (χ1v) is 7.99. The van der Waals surface area contributed by atoms with Crippen LogP contribution in [0.2, 0.25) is 0 Å². The molecule has 0 aliphatic heterocycles. The van der Waals surface area contributed by atoms with Gasteiger partial charge in [0.25, 0.3) is 0 Å². The minimum absolute atomic E-state index is 0.0403. The van der Waals surface area contributed by atoms with E-state index in [0.29, 0.717) is 5.82 Å². The number of sulfone groups is 1. The molecule has 1 aromatic carbocycles. The molecule has 106 valence electrons. The van der Waals surface area contributed by atoms with Gasteiger partial charge < -0.3 is 4.52 Å². The van der Waals surface area contributed by atoms with Crippen molar-refractivity contribution in [2.24, 2.45) is 0 Å². The van der Waals surface area contributed by atoms with Crippen LogP contribution in [0.3, 0.4) is 0 Å². The Bertz CT molecular complexity index is 720. The molecule has 0 amide bonds. The topological polar surface area (TPSA) is 73.1 Å². The third-order valence-electron chi connectivity index (χ3n) is 2.50. The molecule has 0 aliphatic rings. The van der Waals surface area contributed by atoms with E-state index in [2.05, 4.69) is 16.7 Å². The molecular formula is C13H13ClN2O3S. The molecule has 0 saturated carbocycles. The number of benzene rings is 1. The molecule has 0 unspecified atom stereocenters. The summed E-state index contributed by atoms with van der Waals surface area (Å²) in [4.78, 5) is 4.07. The van der Waals surface area contributed by atoms with E-state index in [1.54, 1.807) is 0 Å². The standard InChI is InChI=1S/C13H13ClN2O3S/c1-9-3-5-11(6-4-9)13-15-12(19-16-13)8-20(17,18)7-10(2)14/h3-6H,2,7-8H2,1H3. The fourth-order valence-corrected chi connectivity index (χ4v) is 3.18. The molecular weight excluding hydrogens is 300 g/mol. The van der Waals surface area contributed by atoms with Crippen molar-refractivity contribution >= 4 is 21.4 Å². The fourth-order valence-electron chi connectivity index (χ4n) is 1.61. The highest BCUT2D eigenvalue weighted by Gasteiger charge is 2.18. The van der Waals surface area contributed by atoms with Gasteiger partial charge in [0.1, 0.15) is 5.75 Å². The number of nitrogens with zero attached hydrogens (tertiary/aromatic N) is 2. The first kappa shape index (κ1) is 14.7. The van der Waals surface area contributed by atoms with Crippen LogP contribution in [-0.2, 0) is 15.6 Å². The quantitative estimate of drug-likeness (QED) is 0.848. The molecule has 1 aromatic heterocycles. The molecule has 0 bridgehead atoms. The van der Waals surface area contributed by atoms with Crippen molar-refractivity contribution in [3.05, 3.63) is 47.3 Å². The van der Waals surface area contributed by atoms with Gasteiger partial charge in [-0.05, 0) is 6.92 Å². The Labute approximate surface area is 122 Å². The van der Waals surface area contributed by atoms with E-state index in [9.17, 15) is 8.42 Å². The van der Waals surface area contributed by atoms with Crippen LogP contribution in [0.4, 0.5) is 0 Å². The molecule has 2 rings (SSSR count). The summed E-state index contributed by atoms with van der Waals surface area (Å²) in [7, 11) is -3.44. The van der Waals surface area contributed by atoms with Gasteiger partial charge >= 0.3 is 0 Å². The van der Waals surface area contributed by atoms with Gasteiger partial charge in [-0.3, -0.25) is 0 Å². The third kappa shape index (κ3) is 3.91. The lowest BCUT2D eigenvalue weighted by Crippen LogP contribution is -2.09. The van der Waals surface area contributed by atoms with Crippen molar-refractivity contribution in [1.29, 1.82) is 0 Å². The molecule has 0 aliphatic carbocycles. The Morgan fingerprint density at radius 2 is 2.00 bits per heavy atom. The van der Waals surface area contributed by atoms with Crippen LogP contribution in [0, 0.1) is 6.92 Å². The van der Waals surface area contributed by atoms with E-state index in [1.165, 1.54) is 0 Å². The maximum Gasteiger partial charge on any atom is 0.242 e. The average molecular weight is 313 g/mol. The summed E-state index contributed by atoms with van der Waals surface area (Å²) in [6, 6.07) is 7.53. The molecule has 0 fully saturated rings. The van der Waals surface area contributed by atoms with Crippen LogP contribution < -0.4 is 0 Å². The number of rotatable bonds is 5. The average Bonchev–Trinajstić information content (AvgIpc) is 2.75. The van der Waals surface area contributed by atoms with E-state index in [0.717, 1.165) is 11.1 Å². The van der Waals surface area contributed by atoms with Crippen LogP contribution in [0.5, 0.6) is 0 Å². The molecule has 0 N–H and O–H groups in total. The summed E-state index contributed by atoms with van der Waals surface area (Å²) in [5, 5.41) is 3.83. The zero-order valence-corrected chi connectivity index (χ0v) is 12.4. The van der Waals surface area contributed by atoms with Gasteiger partial charge in [0.15, 0.2) is 9.84 Å². The van der Waals surface area contributed by atoms with Crippen LogP contribution in [0.25, 0.3) is 11.4 Å². The van der Waals surface area contributed by atoms with Crippen LogP contribution >= 0.6 is 11.6 Å². The van der Waals surface area contributed by atoms with Gasteiger partial charge in [0.05, 0.1) is 5.75 Å². The van der Waals surface area contributed by atoms with Gasteiger partial charge in [-0.2, -0.15) is 4.98 Å². The van der Waals surface area contributed by atoms with Crippen molar-refractivity contribution in [3.8, 4) is 11.4 Å². The van der Waals surface area contributed by atoms with Crippen molar-refractivity contribution in [3.63, 3.8) is 0 Å². The van der Waals surface area contributed by atoms with E-state index < -0.39 is 9.84 Å². The normalized spacial score (nSPS) is 11.5. The lowest BCUT2D eigenvalue weighted by atomic mass is 10.1. The molecule has 2 aromatic rings. The lowest BCUT2D eigenvalue weighted by Gasteiger charge is -1.98. The number of aromatic nitrogens is 2. The molecule has 0 radical (unpaired) electrons. The SMILES string of the molecule is C=C(Cl)CS(=O)(=O)Cc1nc(-c2ccc(C)cc2)no1. The van der Waals surface area contributed by atoms with Crippen molar-refractivity contribution in [2.45, 2.75) is 12.7 Å². The smallest absolute Gasteiger partial charge is 0.242 e. The summed E-state index contributed by atoms with van der Waals surface area (Å²) >= 11 is 5.50. The van der Waals surface area contributed by atoms with Crippen molar-refractivity contribution < 1.29 is 12.9 Å². The fraction of sp³-hybridized carbons (Fsp3) is 0.231. The third-order valence-corrected chi connectivity index (χ3v) is 4.26. The second-order valence-electron chi connectivity index (χ2n) is 4.43. The molecule has 0 saturated heterocycles. The number of aryl methyl sites for hydroxylation is 1. The predicted molar refractivity (Wildman–Crippen MR) is 77.0 cm³/mol. The van der Waals surface area contributed by atoms with Crippen LogP contribution in [-0.4, -0.2) is 24.3 Å². The lowest BCUT2D eigenvalue weighted by molar-refractivity contribution is 0.389. The van der Waals surface area contributed by atoms with E-state index in [1.807, 2.05) is 31.2 Å². The minimum Gasteiger partial charge on any atom is -0.338 e. The zero-order chi connectivity index (χ0) is 14.8. The highest BCUT2D eigenvalue weighted by Crippen LogP contribution is 2.17. The van der Waals surface area contributed by atoms with Crippen molar-refractivity contribution in [2.75, 3.05) is 5.75 Å². The Morgan fingerprint density at radius 1 is 1.35 bits per heavy atom. The first-order chi connectivity index (χ1) is 9.35. The van der Waals surface area contributed by atoms with E-state index in [4.69, 9.17) is 16.1 Å². The highest BCUT2D eigenvalue weighted by atomic mass is 35.5. The summed E-state index contributed by atoms with van der Waals surface area (Å²) in [5.41, 5.74) is 1.88. The largest absolute Gasteiger partial charge is 0.338 e. The van der Waals surface area contributed by atoms with E-state index in [-0.39, 0.29) is 22.4 Å². The minimum atomic E-state index is -3.44. The number of hydrogen-bond acceptors (Lipinski definition) is 5. The summed E-state index contributed by atoms with van der Waals surface area (Å²) in [6.45, 7) is 5.33. The maximum absolute atomic E-state index is 11.7. The Hall–Kier alpha value is -1.66.